The summed E-state index contributed by atoms with van der Waals surface area (Å²) in [5.74, 6) is 0.865. The number of ether oxygens (including phenoxy) is 1. The Balaban J connectivity index is 1.63. The lowest BCUT2D eigenvalue weighted by Gasteiger charge is -2.38. The molecule has 0 bridgehead atoms. The minimum absolute atomic E-state index is 0.0274. The van der Waals surface area contributed by atoms with Crippen molar-refractivity contribution in [3.05, 3.63) is 59.0 Å². The highest BCUT2D eigenvalue weighted by Crippen LogP contribution is 2.19. The summed E-state index contributed by atoms with van der Waals surface area (Å²) in [6.45, 7) is 5.36. The Kier molecular flexibility index (Phi) is 4.06. The summed E-state index contributed by atoms with van der Waals surface area (Å²) in [7, 11) is 0. The zero-order valence-electron chi connectivity index (χ0n) is 12.2. The molecule has 1 saturated heterocycles. The van der Waals surface area contributed by atoms with Crippen molar-refractivity contribution in [1.29, 1.82) is 0 Å². The van der Waals surface area contributed by atoms with Gasteiger partial charge in [0.15, 0.2) is 0 Å². The normalized spacial score (nSPS) is 15.7. The zero-order valence-corrected chi connectivity index (χ0v) is 12.2. The Morgan fingerprint density at radius 1 is 1.14 bits per heavy atom. The largest absolute Gasteiger partial charge is 0.488 e. The third-order valence-corrected chi connectivity index (χ3v) is 3.70. The van der Waals surface area contributed by atoms with Gasteiger partial charge in [-0.15, -0.1) is 0 Å². The van der Waals surface area contributed by atoms with E-state index >= 15 is 0 Å². The van der Waals surface area contributed by atoms with Gasteiger partial charge in [-0.05, 0) is 43.3 Å². The molecular formula is C17H20N2O2. The fraction of sp³-hybridized carbons (Fsp3) is 0.353. The first-order valence-corrected chi connectivity index (χ1v) is 7.43. The third-order valence-electron chi connectivity index (χ3n) is 3.70. The number of hydrogen-bond donors (Lipinski definition) is 0. The number of likely N-dealkylation sites (tertiary alicyclic amines) is 1. The Morgan fingerprint density at radius 2 is 1.90 bits per heavy atom. The van der Waals surface area contributed by atoms with Gasteiger partial charge >= 0.3 is 0 Å². The van der Waals surface area contributed by atoms with Crippen molar-refractivity contribution >= 4 is 0 Å². The van der Waals surface area contributed by atoms with Crippen LogP contribution in [0.15, 0.2) is 53.5 Å². The lowest BCUT2D eigenvalue weighted by molar-refractivity contribution is 0.0203. The number of rotatable bonds is 5. The van der Waals surface area contributed by atoms with Crippen LogP contribution < -0.4 is 10.3 Å². The molecule has 2 aromatic rings. The molecule has 3 rings (SSSR count). The summed E-state index contributed by atoms with van der Waals surface area (Å²) in [5, 5.41) is 0. The molecule has 1 aromatic heterocycles. The predicted molar refractivity (Wildman–Crippen MR) is 83.2 cm³/mol. The molecule has 0 saturated carbocycles. The molecule has 0 radical (unpaired) electrons. The molecular weight excluding hydrogens is 264 g/mol. The maximum atomic E-state index is 11.8. The first-order valence-electron chi connectivity index (χ1n) is 7.43. The highest BCUT2D eigenvalue weighted by molar-refractivity contribution is 5.37. The standard InChI is InChI=1S/C17H20N2O2/c1-2-10-18-12-16(13-18)21-15-8-6-14(7-9-15)19-11-4-3-5-17(19)20/h3-9,11,16H,2,10,12-13H2,1H3. The molecule has 4 nitrogen and oxygen atoms in total. The van der Waals surface area contributed by atoms with Crippen LogP contribution in [-0.2, 0) is 0 Å². The first kappa shape index (κ1) is 13.9. The van der Waals surface area contributed by atoms with E-state index in [4.69, 9.17) is 4.74 Å². The van der Waals surface area contributed by atoms with E-state index in [0.717, 1.165) is 31.1 Å². The lowest BCUT2D eigenvalue weighted by Crippen LogP contribution is -2.53. The first-order chi connectivity index (χ1) is 10.3. The van der Waals surface area contributed by atoms with Gasteiger partial charge in [-0.2, -0.15) is 0 Å². The van der Waals surface area contributed by atoms with Gasteiger partial charge < -0.3 is 4.74 Å². The van der Waals surface area contributed by atoms with E-state index in [1.807, 2.05) is 30.3 Å². The van der Waals surface area contributed by atoms with Gasteiger partial charge in [-0.25, -0.2) is 0 Å². The summed E-state index contributed by atoms with van der Waals surface area (Å²) >= 11 is 0. The SMILES string of the molecule is CCCN1CC(Oc2ccc(-n3ccccc3=O)cc2)C1. The van der Waals surface area contributed by atoms with Crippen LogP contribution in [0.3, 0.4) is 0 Å². The number of hydrogen-bond acceptors (Lipinski definition) is 3. The van der Waals surface area contributed by atoms with E-state index in [1.165, 1.54) is 6.42 Å². The van der Waals surface area contributed by atoms with Crippen molar-refractivity contribution in [3.8, 4) is 11.4 Å². The number of nitrogens with zero attached hydrogens (tertiary/aromatic N) is 2. The summed E-state index contributed by atoms with van der Waals surface area (Å²) in [6.07, 6.45) is 3.25. The molecule has 0 N–H and O–H groups in total. The summed E-state index contributed by atoms with van der Waals surface area (Å²) in [5.41, 5.74) is 0.828. The van der Waals surface area contributed by atoms with Crippen molar-refractivity contribution in [2.75, 3.05) is 19.6 Å². The lowest BCUT2D eigenvalue weighted by atomic mass is 10.1. The van der Waals surface area contributed by atoms with E-state index in [1.54, 1.807) is 22.9 Å². The molecule has 0 amide bonds. The molecule has 1 fully saturated rings. The van der Waals surface area contributed by atoms with E-state index in [-0.39, 0.29) is 5.56 Å². The van der Waals surface area contributed by atoms with Gasteiger partial charge in [0.25, 0.3) is 5.56 Å². The quantitative estimate of drug-likeness (QED) is 0.845. The molecule has 2 heterocycles. The number of pyridine rings is 1. The van der Waals surface area contributed by atoms with Gasteiger partial charge in [0.2, 0.25) is 0 Å². The van der Waals surface area contributed by atoms with E-state index in [0.29, 0.717) is 6.10 Å². The van der Waals surface area contributed by atoms with E-state index in [2.05, 4.69) is 11.8 Å². The second-order valence-electron chi connectivity index (χ2n) is 5.40. The molecule has 0 unspecified atom stereocenters. The number of aromatic nitrogens is 1. The van der Waals surface area contributed by atoms with Gasteiger partial charge in [0.05, 0.1) is 0 Å². The molecule has 1 aromatic carbocycles. The molecule has 0 spiro atoms. The van der Waals surface area contributed by atoms with Crippen LogP contribution in [0.2, 0.25) is 0 Å². The van der Waals surface area contributed by atoms with Crippen molar-refractivity contribution in [3.63, 3.8) is 0 Å². The maximum absolute atomic E-state index is 11.8. The van der Waals surface area contributed by atoms with Crippen LogP contribution in [-0.4, -0.2) is 35.2 Å². The van der Waals surface area contributed by atoms with Gasteiger partial charge in [0, 0.05) is 31.0 Å². The van der Waals surface area contributed by atoms with Crippen molar-refractivity contribution in [2.45, 2.75) is 19.4 Å². The van der Waals surface area contributed by atoms with Gasteiger partial charge in [-0.1, -0.05) is 13.0 Å². The second-order valence-corrected chi connectivity index (χ2v) is 5.40. The predicted octanol–water partition coefficient (Wildman–Crippen LogP) is 2.31. The summed E-state index contributed by atoms with van der Waals surface area (Å²) in [6, 6.07) is 12.8. The van der Waals surface area contributed by atoms with Crippen molar-refractivity contribution in [2.24, 2.45) is 0 Å². The Hall–Kier alpha value is -2.07. The minimum Gasteiger partial charge on any atom is -0.488 e. The van der Waals surface area contributed by atoms with Gasteiger partial charge in [0.1, 0.15) is 11.9 Å². The van der Waals surface area contributed by atoms with Crippen LogP contribution in [0.1, 0.15) is 13.3 Å². The molecule has 1 aliphatic heterocycles. The van der Waals surface area contributed by atoms with Crippen LogP contribution >= 0.6 is 0 Å². The fourth-order valence-electron chi connectivity index (χ4n) is 2.61. The van der Waals surface area contributed by atoms with Crippen LogP contribution in [0.25, 0.3) is 5.69 Å². The average Bonchev–Trinajstić information content (AvgIpc) is 2.47. The molecule has 110 valence electrons. The van der Waals surface area contributed by atoms with Gasteiger partial charge in [-0.3, -0.25) is 14.3 Å². The molecule has 0 aliphatic carbocycles. The molecule has 4 heteroatoms. The third kappa shape index (κ3) is 3.16. The summed E-state index contributed by atoms with van der Waals surface area (Å²) < 4.78 is 7.54. The van der Waals surface area contributed by atoms with Crippen LogP contribution in [0.5, 0.6) is 5.75 Å². The molecule has 21 heavy (non-hydrogen) atoms. The van der Waals surface area contributed by atoms with E-state index < -0.39 is 0 Å². The zero-order chi connectivity index (χ0) is 14.7. The van der Waals surface area contributed by atoms with Crippen molar-refractivity contribution in [1.82, 2.24) is 9.47 Å². The second kappa shape index (κ2) is 6.14. The Bertz CT molecular complexity index is 642. The maximum Gasteiger partial charge on any atom is 0.255 e. The topological polar surface area (TPSA) is 34.5 Å². The highest BCUT2D eigenvalue weighted by atomic mass is 16.5. The minimum atomic E-state index is -0.0274. The Morgan fingerprint density at radius 3 is 2.57 bits per heavy atom. The van der Waals surface area contributed by atoms with Crippen LogP contribution in [0.4, 0.5) is 0 Å². The monoisotopic (exact) mass is 284 g/mol. The van der Waals surface area contributed by atoms with Crippen molar-refractivity contribution < 1.29 is 4.74 Å². The summed E-state index contributed by atoms with van der Waals surface area (Å²) in [4.78, 5) is 14.2. The van der Waals surface area contributed by atoms with E-state index in [9.17, 15) is 4.79 Å². The highest BCUT2D eigenvalue weighted by Gasteiger charge is 2.27. The molecule has 1 aliphatic rings. The average molecular weight is 284 g/mol. The smallest absolute Gasteiger partial charge is 0.255 e. The molecule has 0 atom stereocenters. The fourth-order valence-corrected chi connectivity index (χ4v) is 2.61. The number of benzene rings is 1. The van der Waals surface area contributed by atoms with Crippen LogP contribution in [0, 0.1) is 0 Å². The Labute approximate surface area is 124 Å².